The third-order valence-electron chi connectivity index (χ3n) is 11.8. The molecule has 6 N–H and O–H groups in total. The molecule has 62 heavy (non-hydrogen) atoms. The predicted octanol–water partition coefficient (Wildman–Crippen LogP) is 3.29. The van der Waals surface area contributed by atoms with Crippen LogP contribution >= 0.6 is 0 Å². The van der Waals surface area contributed by atoms with Crippen molar-refractivity contribution >= 4 is 52.3 Å². The van der Waals surface area contributed by atoms with E-state index in [1.807, 2.05) is 45.0 Å². The number of aliphatic hydroxyl groups is 1. The fourth-order valence-electron chi connectivity index (χ4n) is 7.35. The van der Waals surface area contributed by atoms with Crippen LogP contribution in [0.25, 0.3) is 10.9 Å². The molecule has 2 heterocycles. The highest BCUT2D eigenvalue weighted by Gasteiger charge is 2.36. The van der Waals surface area contributed by atoms with Crippen LogP contribution in [0.15, 0.2) is 53.8 Å². The SMILES string of the molecule is C/C=C(\C)[C@H]1OC(=O)[C@@H](C)NC(=O)C(C(C)CC)NC(=O)CN(C)C(=O)[C@@H](Cc2c[nH]c3ccccc23)N(C)C(=O)[C@H](C)NC(=O)[C@@H](CC(C)C)NC(=O)/C(C)=C/C[C@H](O)[C@@H]1C. The summed E-state index contributed by atoms with van der Waals surface area (Å²) in [5.74, 6) is -5.39. The molecule has 1 aromatic heterocycles. The number of carbonyl (C=O) groups excluding carboxylic acids is 7. The van der Waals surface area contributed by atoms with Gasteiger partial charge in [-0.2, -0.15) is 0 Å². The highest BCUT2D eigenvalue weighted by Crippen LogP contribution is 2.24. The number of likely N-dealkylation sites (N-methyl/N-ethyl adjacent to an activating group) is 2. The Hall–Kier alpha value is -5.51. The summed E-state index contributed by atoms with van der Waals surface area (Å²) < 4.78 is 5.89. The average Bonchev–Trinajstić information content (AvgIpc) is 3.65. The number of fused-ring (bicyclic) bond motifs is 1. The van der Waals surface area contributed by atoms with E-state index in [9.17, 15) is 38.7 Å². The van der Waals surface area contributed by atoms with Crippen LogP contribution in [-0.4, -0.2) is 124 Å². The molecule has 6 amide bonds. The number of para-hydroxylation sites is 1. The summed E-state index contributed by atoms with van der Waals surface area (Å²) in [5, 5.41) is 23.1. The van der Waals surface area contributed by atoms with Crippen LogP contribution in [0.3, 0.4) is 0 Å². The van der Waals surface area contributed by atoms with Gasteiger partial charge in [0.05, 0.1) is 12.6 Å². The first-order valence-corrected chi connectivity index (χ1v) is 21.6. The lowest BCUT2D eigenvalue weighted by Crippen LogP contribution is -2.58. The molecule has 16 nitrogen and oxygen atoms in total. The van der Waals surface area contributed by atoms with Crippen molar-refractivity contribution in [2.24, 2.45) is 17.8 Å². The van der Waals surface area contributed by atoms with Crippen molar-refractivity contribution < 1.29 is 43.4 Å². The van der Waals surface area contributed by atoms with Crippen molar-refractivity contribution in [1.29, 1.82) is 0 Å². The zero-order valence-electron chi connectivity index (χ0n) is 38.5. The highest BCUT2D eigenvalue weighted by molar-refractivity contribution is 5.98. The molecule has 2 aromatic rings. The van der Waals surface area contributed by atoms with E-state index in [1.165, 1.54) is 37.7 Å². The van der Waals surface area contributed by atoms with E-state index in [0.717, 1.165) is 16.5 Å². The summed E-state index contributed by atoms with van der Waals surface area (Å²) >= 11 is 0. The second-order valence-corrected chi connectivity index (χ2v) is 17.2. The molecule has 3 rings (SSSR count). The molecule has 1 aliphatic heterocycles. The van der Waals surface area contributed by atoms with E-state index in [0.29, 0.717) is 12.0 Å². The molecule has 0 fully saturated rings. The quantitative estimate of drug-likeness (QED) is 0.178. The monoisotopic (exact) mass is 864 g/mol. The number of ether oxygens (including phenoxy) is 1. The second kappa shape index (κ2) is 23.1. The molecule has 0 saturated carbocycles. The van der Waals surface area contributed by atoms with Crippen LogP contribution < -0.4 is 21.3 Å². The zero-order chi connectivity index (χ0) is 46.6. The van der Waals surface area contributed by atoms with E-state index >= 15 is 0 Å². The van der Waals surface area contributed by atoms with E-state index in [-0.39, 0.29) is 36.7 Å². The first-order chi connectivity index (χ1) is 29.1. The number of hydrogen-bond acceptors (Lipinski definition) is 9. The molecule has 0 saturated heterocycles. The minimum absolute atomic E-state index is 0.0145. The minimum atomic E-state index is -1.15. The second-order valence-electron chi connectivity index (χ2n) is 17.2. The van der Waals surface area contributed by atoms with Gasteiger partial charge in [0.1, 0.15) is 36.3 Å². The van der Waals surface area contributed by atoms with Gasteiger partial charge in [-0.25, -0.2) is 4.79 Å². The molecular weight excluding hydrogens is 795 g/mol. The number of H-pyrrole nitrogens is 1. The Bertz CT molecular complexity index is 1990. The molecular formula is C46H69N7O9. The molecule has 0 aliphatic carbocycles. The average molecular weight is 864 g/mol. The first kappa shape index (κ1) is 50.8. The molecule has 342 valence electrons. The van der Waals surface area contributed by atoms with Crippen molar-refractivity contribution in [2.75, 3.05) is 20.6 Å². The number of amides is 6. The maximum atomic E-state index is 14.4. The lowest BCUT2D eigenvalue weighted by Gasteiger charge is -2.33. The third kappa shape index (κ3) is 13.5. The van der Waals surface area contributed by atoms with Gasteiger partial charge in [-0.1, -0.05) is 71.4 Å². The van der Waals surface area contributed by atoms with Gasteiger partial charge in [0.2, 0.25) is 35.4 Å². The van der Waals surface area contributed by atoms with Crippen LogP contribution in [0, 0.1) is 17.8 Å². The number of hydrogen-bond donors (Lipinski definition) is 6. The van der Waals surface area contributed by atoms with Gasteiger partial charge >= 0.3 is 5.97 Å². The minimum Gasteiger partial charge on any atom is -0.456 e. The molecule has 1 aliphatic rings. The van der Waals surface area contributed by atoms with Crippen LogP contribution in [0.2, 0.25) is 0 Å². The number of aliphatic hydroxyl groups excluding tert-OH is 1. The van der Waals surface area contributed by atoms with E-state index in [1.54, 1.807) is 53.0 Å². The number of benzene rings is 1. The lowest BCUT2D eigenvalue weighted by atomic mass is 9.90. The Balaban J connectivity index is 2.08. The number of rotatable bonds is 7. The van der Waals surface area contributed by atoms with Gasteiger partial charge < -0.3 is 45.9 Å². The normalized spacial score (nSPS) is 28.1. The molecule has 0 spiro atoms. The Morgan fingerprint density at radius 2 is 1.56 bits per heavy atom. The Labute approximate surface area is 366 Å². The van der Waals surface area contributed by atoms with Crippen LogP contribution in [0.1, 0.15) is 94.1 Å². The number of aromatic amines is 1. The maximum Gasteiger partial charge on any atom is 0.328 e. The van der Waals surface area contributed by atoms with E-state index < -0.39 is 96.3 Å². The smallest absolute Gasteiger partial charge is 0.328 e. The van der Waals surface area contributed by atoms with E-state index in [4.69, 9.17) is 4.74 Å². The summed E-state index contributed by atoms with van der Waals surface area (Å²) in [6, 6.07) is 1.99. The predicted molar refractivity (Wildman–Crippen MR) is 237 cm³/mol. The van der Waals surface area contributed by atoms with Crippen molar-refractivity contribution in [3.63, 3.8) is 0 Å². The molecule has 1 aromatic carbocycles. The van der Waals surface area contributed by atoms with Crippen molar-refractivity contribution in [1.82, 2.24) is 36.1 Å². The molecule has 9 atom stereocenters. The van der Waals surface area contributed by atoms with Gasteiger partial charge in [-0.3, -0.25) is 28.8 Å². The van der Waals surface area contributed by atoms with Gasteiger partial charge in [0.25, 0.3) is 0 Å². The Kier molecular flexibility index (Phi) is 18.9. The van der Waals surface area contributed by atoms with Crippen LogP contribution in [0.4, 0.5) is 0 Å². The van der Waals surface area contributed by atoms with Gasteiger partial charge in [0, 0.05) is 49.1 Å². The Morgan fingerprint density at radius 1 is 0.919 bits per heavy atom. The number of cyclic esters (lactones) is 1. The maximum absolute atomic E-state index is 14.4. The summed E-state index contributed by atoms with van der Waals surface area (Å²) in [7, 11) is 2.88. The van der Waals surface area contributed by atoms with Crippen LogP contribution in [-0.2, 0) is 44.7 Å². The fourth-order valence-corrected chi connectivity index (χ4v) is 7.35. The summed E-state index contributed by atoms with van der Waals surface area (Å²) in [6.07, 6.45) is 3.92. The van der Waals surface area contributed by atoms with Crippen molar-refractivity contribution in [2.45, 2.75) is 137 Å². The molecule has 16 heteroatoms. The Morgan fingerprint density at radius 3 is 2.19 bits per heavy atom. The summed E-state index contributed by atoms with van der Waals surface area (Å²) in [5.41, 5.74) is 2.46. The van der Waals surface area contributed by atoms with Crippen LogP contribution in [0.5, 0.6) is 0 Å². The third-order valence-corrected chi connectivity index (χ3v) is 11.8. The fraction of sp³-hybridized carbons (Fsp3) is 0.587. The number of allylic oxidation sites excluding steroid dienone is 1. The topological polar surface area (TPSA) is 219 Å². The van der Waals surface area contributed by atoms with Gasteiger partial charge in [0.15, 0.2) is 0 Å². The first-order valence-electron chi connectivity index (χ1n) is 21.6. The number of esters is 1. The number of nitrogens with one attached hydrogen (secondary N) is 5. The number of aromatic nitrogens is 1. The van der Waals surface area contributed by atoms with Crippen molar-refractivity contribution in [3.05, 3.63) is 59.3 Å². The highest BCUT2D eigenvalue weighted by atomic mass is 16.5. The molecule has 0 radical (unpaired) electrons. The standard InChI is InChI=1S/C46H69N7O9/c1-13-26(5)39-43(58)49-31(10)46(61)62-40(27(6)14-2)29(8)37(54)20-19-28(7)41(56)50-35(21-25(3)4)42(57)48-30(9)44(59)53(12)36(45(60)52(11)24-38(55)51-39)22-32-23-47-34-18-16-15-17-33(32)34/h14-19,23,25-26,29-31,35-37,39-40,47,54H,13,20-22,24H2,1-12H3,(H,48,57)(H,49,58)(H,50,56)(H,51,55)/b27-14+,28-19+/t26?,29-,30-,31+,35+,36+,37-,39?,40+/m0/s1. The molecule has 2 unspecified atom stereocenters. The zero-order valence-corrected chi connectivity index (χ0v) is 38.5. The number of nitrogens with zero attached hydrogens (tertiary/aromatic N) is 2. The van der Waals surface area contributed by atoms with Gasteiger partial charge in [-0.15, -0.1) is 0 Å². The summed E-state index contributed by atoms with van der Waals surface area (Å²) in [6.45, 7) is 16.7. The summed E-state index contributed by atoms with van der Waals surface area (Å²) in [4.78, 5) is 102. The lowest BCUT2D eigenvalue weighted by molar-refractivity contribution is -0.155. The van der Waals surface area contributed by atoms with Gasteiger partial charge in [-0.05, 0) is 76.5 Å². The van der Waals surface area contributed by atoms with Crippen molar-refractivity contribution in [3.8, 4) is 0 Å². The largest absolute Gasteiger partial charge is 0.456 e. The molecule has 0 bridgehead atoms. The number of carbonyl (C=O) groups is 7. The van der Waals surface area contributed by atoms with E-state index in [2.05, 4.69) is 26.3 Å².